The quantitative estimate of drug-likeness (QED) is 0.340. The number of H-pyrrole nitrogens is 1. The minimum atomic E-state index is -4.63. The van der Waals surface area contributed by atoms with E-state index in [0.29, 0.717) is 5.39 Å². The van der Waals surface area contributed by atoms with E-state index >= 15 is 0 Å². The lowest BCUT2D eigenvalue weighted by Crippen LogP contribution is -1.93. The first-order chi connectivity index (χ1) is 7.46. The Hall–Kier alpha value is -0.600. The number of phosphoric acid groups is 1. The zero-order valence-corrected chi connectivity index (χ0v) is 10.8. The molecule has 0 aliphatic carbocycles. The summed E-state index contributed by atoms with van der Waals surface area (Å²) in [6, 6.07) is 5.54. The standard InChI is InChI=1S/C8H7INO5P/c9-5-1-2-7-6(3-5)8(4-10-7)14-15-16(11,12)13/h1-4,10H,(H2,11,12,13). The summed E-state index contributed by atoms with van der Waals surface area (Å²) in [5.41, 5.74) is 0.796. The first kappa shape index (κ1) is 11.9. The average molecular weight is 355 g/mol. The van der Waals surface area contributed by atoms with Gasteiger partial charge >= 0.3 is 7.82 Å². The molecule has 0 atom stereocenters. The van der Waals surface area contributed by atoms with Gasteiger partial charge in [-0.25, -0.2) is 4.57 Å². The van der Waals surface area contributed by atoms with E-state index in [1.54, 1.807) is 0 Å². The summed E-state index contributed by atoms with van der Waals surface area (Å²) in [6.45, 7) is 0. The maximum Gasteiger partial charge on any atom is 0.505 e. The lowest BCUT2D eigenvalue weighted by atomic mass is 10.2. The fourth-order valence-corrected chi connectivity index (χ4v) is 1.89. The van der Waals surface area contributed by atoms with Gasteiger partial charge in [0.05, 0.1) is 0 Å². The molecule has 0 aliphatic rings. The SMILES string of the molecule is O=P(O)(O)OOc1c[nH]c2ccc(I)cc12. The molecule has 86 valence electrons. The third-order valence-corrected chi connectivity index (χ3v) is 2.77. The van der Waals surface area contributed by atoms with Crippen LogP contribution in [0.3, 0.4) is 0 Å². The van der Waals surface area contributed by atoms with E-state index in [1.807, 2.05) is 18.2 Å². The minimum absolute atomic E-state index is 0.233. The second kappa shape index (κ2) is 4.34. The van der Waals surface area contributed by atoms with Gasteiger partial charge in [0.25, 0.3) is 0 Å². The average Bonchev–Trinajstić information content (AvgIpc) is 2.56. The van der Waals surface area contributed by atoms with E-state index < -0.39 is 7.82 Å². The Kier molecular flexibility index (Phi) is 3.22. The highest BCUT2D eigenvalue weighted by molar-refractivity contribution is 14.1. The molecular formula is C8H7INO5P. The predicted molar refractivity (Wildman–Crippen MR) is 64.8 cm³/mol. The minimum Gasteiger partial charge on any atom is -0.358 e. The molecule has 0 spiro atoms. The van der Waals surface area contributed by atoms with Crippen LogP contribution in [-0.2, 0) is 9.24 Å². The first-order valence-electron chi connectivity index (χ1n) is 4.14. The van der Waals surface area contributed by atoms with Crippen LogP contribution in [0, 0.1) is 3.57 Å². The monoisotopic (exact) mass is 355 g/mol. The molecule has 2 aromatic rings. The van der Waals surface area contributed by atoms with Crippen molar-refractivity contribution in [3.63, 3.8) is 0 Å². The highest BCUT2D eigenvalue weighted by atomic mass is 127. The summed E-state index contributed by atoms with van der Waals surface area (Å²) in [5.74, 6) is 0.233. The molecule has 0 bridgehead atoms. The lowest BCUT2D eigenvalue weighted by molar-refractivity contribution is -0.121. The topological polar surface area (TPSA) is 91.8 Å². The number of nitrogens with one attached hydrogen (secondary N) is 1. The fraction of sp³-hybridized carbons (Fsp3) is 0. The molecule has 1 aromatic carbocycles. The molecule has 8 heteroatoms. The number of fused-ring (bicyclic) bond motifs is 1. The van der Waals surface area contributed by atoms with Gasteiger partial charge in [-0.2, -0.15) is 0 Å². The molecule has 6 nitrogen and oxygen atoms in total. The van der Waals surface area contributed by atoms with Crippen LogP contribution in [0.5, 0.6) is 5.75 Å². The van der Waals surface area contributed by atoms with Crippen molar-refractivity contribution in [3.05, 3.63) is 28.0 Å². The highest BCUT2D eigenvalue weighted by Gasteiger charge is 2.17. The van der Waals surface area contributed by atoms with Crippen molar-refractivity contribution in [2.45, 2.75) is 0 Å². The van der Waals surface area contributed by atoms with Gasteiger partial charge in [-0.1, -0.05) is 4.67 Å². The largest absolute Gasteiger partial charge is 0.505 e. The Balaban J connectivity index is 2.31. The number of hydrogen-bond acceptors (Lipinski definition) is 3. The van der Waals surface area contributed by atoms with E-state index in [2.05, 4.69) is 37.1 Å². The van der Waals surface area contributed by atoms with Crippen LogP contribution in [-0.4, -0.2) is 14.8 Å². The number of hydrogen-bond donors (Lipinski definition) is 3. The molecule has 0 fully saturated rings. The van der Waals surface area contributed by atoms with Gasteiger partial charge in [-0.05, 0) is 40.8 Å². The summed E-state index contributed by atoms with van der Waals surface area (Å²) in [4.78, 5) is 24.5. The predicted octanol–water partition coefficient (Wildman–Crippen LogP) is 2.18. The number of benzene rings is 1. The second-order valence-corrected chi connectivity index (χ2v) is 5.37. The summed E-state index contributed by atoms with van der Waals surface area (Å²) in [5, 5.41) is 0.695. The molecule has 0 saturated carbocycles. The van der Waals surface area contributed by atoms with Crippen molar-refractivity contribution >= 4 is 41.3 Å². The number of aromatic amines is 1. The summed E-state index contributed by atoms with van der Waals surface area (Å²) in [6.07, 6.45) is 1.47. The van der Waals surface area contributed by atoms with Crippen molar-refractivity contribution in [1.29, 1.82) is 0 Å². The zero-order valence-electron chi connectivity index (χ0n) is 7.75. The Morgan fingerprint density at radius 3 is 2.81 bits per heavy atom. The van der Waals surface area contributed by atoms with Gasteiger partial charge in [0.15, 0.2) is 5.75 Å². The molecule has 0 radical (unpaired) electrons. The van der Waals surface area contributed by atoms with Crippen LogP contribution < -0.4 is 4.89 Å². The molecule has 1 aromatic heterocycles. The zero-order chi connectivity index (χ0) is 11.8. The molecule has 0 unspecified atom stereocenters. The van der Waals surface area contributed by atoms with E-state index in [0.717, 1.165) is 9.09 Å². The van der Waals surface area contributed by atoms with Crippen molar-refractivity contribution in [2.75, 3.05) is 0 Å². The molecule has 0 amide bonds. The van der Waals surface area contributed by atoms with Crippen molar-refractivity contribution in [1.82, 2.24) is 4.98 Å². The van der Waals surface area contributed by atoms with Crippen molar-refractivity contribution in [2.24, 2.45) is 0 Å². The fourth-order valence-electron chi connectivity index (χ4n) is 1.22. The first-order valence-corrected chi connectivity index (χ1v) is 6.75. The smallest absolute Gasteiger partial charge is 0.358 e. The van der Waals surface area contributed by atoms with Gasteiger partial charge in [0.1, 0.15) is 0 Å². The molecule has 2 rings (SSSR count). The van der Waals surface area contributed by atoms with Gasteiger partial charge in [0, 0.05) is 20.7 Å². The van der Waals surface area contributed by atoms with E-state index in [1.165, 1.54) is 6.20 Å². The van der Waals surface area contributed by atoms with E-state index in [-0.39, 0.29) is 5.75 Å². The maximum atomic E-state index is 10.5. The number of aromatic nitrogens is 1. The van der Waals surface area contributed by atoms with E-state index in [9.17, 15) is 4.57 Å². The normalized spacial score (nSPS) is 11.9. The lowest BCUT2D eigenvalue weighted by Gasteiger charge is -2.03. The second-order valence-electron chi connectivity index (χ2n) is 2.99. The molecule has 0 saturated heterocycles. The maximum absolute atomic E-state index is 10.5. The van der Waals surface area contributed by atoms with Crippen LogP contribution in [0.2, 0.25) is 0 Å². The summed E-state index contributed by atoms with van der Waals surface area (Å²) >= 11 is 2.12. The Labute approximate surface area is 104 Å². The van der Waals surface area contributed by atoms with Gasteiger partial charge in [0.2, 0.25) is 0 Å². The third-order valence-electron chi connectivity index (χ3n) is 1.83. The Morgan fingerprint density at radius 2 is 2.12 bits per heavy atom. The molecule has 1 heterocycles. The number of halogens is 1. The third kappa shape index (κ3) is 2.74. The highest BCUT2D eigenvalue weighted by Crippen LogP contribution is 2.38. The van der Waals surface area contributed by atoms with Gasteiger partial charge in [-0.3, -0.25) is 0 Å². The van der Waals surface area contributed by atoms with Crippen LogP contribution in [0.1, 0.15) is 0 Å². The van der Waals surface area contributed by atoms with Crippen LogP contribution in [0.25, 0.3) is 10.9 Å². The van der Waals surface area contributed by atoms with E-state index in [4.69, 9.17) is 9.79 Å². The Morgan fingerprint density at radius 1 is 1.38 bits per heavy atom. The van der Waals surface area contributed by atoms with Gasteiger partial charge in [-0.15, -0.1) is 0 Å². The van der Waals surface area contributed by atoms with Crippen LogP contribution >= 0.6 is 30.4 Å². The van der Waals surface area contributed by atoms with Crippen LogP contribution in [0.15, 0.2) is 24.4 Å². The molecular weight excluding hydrogens is 348 g/mol. The summed E-state index contributed by atoms with van der Waals surface area (Å²) < 4.78 is 15.4. The molecule has 16 heavy (non-hydrogen) atoms. The number of rotatable bonds is 3. The van der Waals surface area contributed by atoms with Crippen LogP contribution in [0.4, 0.5) is 0 Å². The van der Waals surface area contributed by atoms with Gasteiger partial charge < -0.3 is 19.7 Å². The van der Waals surface area contributed by atoms with Crippen molar-refractivity contribution in [3.8, 4) is 5.75 Å². The summed E-state index contributed by atoms with van der Waals surface area (Å²) in [7, 11) is -4.63. The van der Waals surface area contributed by atoms with Crippen molar-refractivity contribution < 1.29 is 23.9 Å². The molecule has 3 N–H and O–H groups in total. The Bertz CT molecular complexity index is 563. The molecule has 0 aliphatic heterocycles.